The fourth-order valence-corrected chi connectivity index (χ4v) is 2.30. The van der Waals surface area contributed by atoms with Crippen molar-refractivity contribution in [3.8, 4) is 11.5 Å². The molecule has 0 unspecified atom stereocenters. The number of phenols is 1. The molecule has 0 aliphatic rings. The van der Waals surface area contributed by atoms with Crippen molar-refractivity contribution < 1.29 is 14.6 Å². The molecule has 126 valence electrons. The number of nitrogens with one attached hydrogen (secondary N) is 2. The normalized spacial score (nSPS) is 10.6. The number of amides is 1. The summed E-state index contributed by atoms with van der Waals surface area (Å²) < 4.78 is 5.05. The van der Waals surface area contributed by atoms with E-state index >= 15 is 0 Å². The Morgan fingerprint density at radius 2 is 2.00 bits per heavy atom. The summed E-state index contributed by atoms with van der Waals surface area (Å²) in [6.07, 6.45) is 1.26. The minimum Gasteiger partial charge on any atom is -0.506 e. The second-order valence-corrected chi connectivity index (χ2v) is 5.54. The van der Waals surface area contributed by atoms with Crippen molar-refractivity contribution in [3.63, 3.8) is 0 Å². The Morgan fingerprint density at radius 1 is 1.29 bits per heavy atom. The fourth-order valence-electron chi connectivity index (χ4n) is 1.79. The first kappa shape index (κ1) is 17.9. The van der Waals surface area contributed by atoms with Crippen molar-refractivity contribution in [2.75, 3.05) is 19.0 Å². The third kappa shape index (κ3) is 5.04. The van der Waals surface area contributed by atoms with Crippen LogP contribution in [0.4, 0.5) is 5.69 Å². The predicted molar refractivity (Wildman–Crippen MR) is 95.3 cm³/mol. The van der Waals surface area contributed by atoms with E-state index in [2.05, 4.69) is 15.8 Å². The number of aromatic hydroxyl groups is 1. The van der Waals surface area contributed by atoms with E-state index in [0.717, 1.165) is 11.4 Å². The van der Waals surface area contributed by atoms with E-state index in [1.54, 1.807) is 31.4 Å². The molecule has 0 aromatic heterocycles. The summed E-state index contributed by atoms with van der Waals surface area (Å²) in [6, 6.07) is 10.0. The van der Waals surface area contributed by atoms with Gasteiger partial charge in [0.1, 0.15) is 11.5 Å². The van der Waals surface area contributed by atoms with Crippen LogP contribution in [0.15, 0.2) is 41.5 Å². The average molecular weight is 368 g/mol. The minimum atomic E-state index is -0.352. The first-order valence-electron chi connectivity index (χ1n) is 6.87. The van der Waals surface area contributed by atoms with Gasteiger partial charge in [-0.05, 0) is 36.4 Å². The van der Waals surface area contributed by atoms with Gasteiger partial charge in [-0.3, -0.25) is 4.79 Å². The molecule has 1 amide bonds. The molecule has 0 aliphatic heterocycles. The maximum atomic E-state index is 11.7. The number of nitrogens with zero attached hydrogens (tertiary/aromatic N) is 1. The van der Waals surface area contributed by atoms with Crippen LogP contribution in [0.3, 0.4) is 0 Å². The van der Waals surface area contributed by atoms with E-state index in [9.17, 15) is 9.90 Å². The van der Waals surface area contributed by atoms with Crippen LogP contribution >= 0.6 is 23.2 Å². The molecule has 0 aliphatic carbocycles. The number of carbonyl (C=O) groups is 1. The number of rotatable bonds is 6. The molecule has 2 rings (SSSR count). The predicted octanol–water partition coefficient (Wildman–Crippen LogP) is 3.27. The van der Waals surface area contributed by atoms with Crippen LogP contribution in [0.5, 0.6) is 11.5 Å². The number of methoxy groups -OCH3 is 1. The smallest absolute Gasteiger partial charge is 0.259 e. The third-order valence-corrected chi connectivity index (χ3v) is 3.50. The van der Waals surface area contributed by atoms with Gasteiger partial charge in [-0.15, -0.1) is 0 Å². The van der Waals surface area contributed by atoms with Crippen molar-refractivity contribution in [1.29, 1.82) is 0 Å². The van der Waals surface area contributed by atoms with E-state index in [4.69, 9.17) is 27.9 Å². The van der Waals surface area contributed by atoms with Crippen LogP contribution in [-0.2, 0) is 4.79 Å². The van der Waals surface area contributed by atoms with Crippen molar-refractivity contribution in [1.82, 2.24) is 5.43 Å². The summed E-state index contributed by atoms with van der Waals surface area (Å²) in [6.45, 7) is 0.0337. The minimum absolute atomic E-state index is 0.0337. The molecule has 0 spiro atoms. The third-order valence-electron chi connectivity index (χ3n) is 2.99. The highest BCUT2D eigenvalue weighted by Crippen LogP contribution is 2.29. The molecule has 0 saturated carbocycles. The first-order valence-corrected chi connectivity index (χ1v) is 7.63. The van der Waals surface area contributed by atoms with Crippen LogP contribution in [0.2, 0.25) is 10.0 Å². The van der Waals surface area contributed by atoms with Gasteiger partial charge in [-0.25, -0.2) is 5.43 Å². The molecule has 0 atom stereocenters. The van der Waals surface area contributed by atoms with Gasteiger partial charge in [0.25, 0.3) is 5.91 Å². The number of hydrazone groups is 1. The van der Waals surface area contributed by atoms with Crippen LogP contribution < -0.4 is 15.5 Å². The number of benzene rings is 2. The Bertz CT molecular complexity index is 749. The van der Waals surface area contributed by atoms with Gasteiger partial charge in [0.05, 0.1) is 24.9 Å². The lowest BCUT2D eigenvalue weighted by Gasteiger charge is -2.06. The molecular formula is C16H15Cl2N3O3. The molecule has 8 heteroatoms. The Labute approximate surface area is 149 Å². The average Bonchev–Trinajstić information content (AvgIpc) is 2.57. The number of carbonyl (C=O) groups excluding carboxylic acids is 1. The van der Waals surface area contributed by atoms with Crippen LogP contribution in [0.25, 0.3) is 0 Å². The maximum Gasteiger partial charge on any atom is 0.259 e. The topological polar surface area (TPSA) is 83.0 Å². The second-order valence-electron chi connectivity index (χ2n) is 4.70. The van der Waals surface area contributed by atoms with Crippen molar-refractivity contribution in [2.45, 2.75) is 0 Å². The lowest BCUT2D eigenvalue weighted by Crippen LogP contribution is -2.25. The molecule has 6 nitrogen and oxygen atoms in total. The largest absolute Gasteiger partial charge is 0.506 e. The Hall–Kier alpha value is -2.44. The van der Waals surface area contributed by atoms with Crippen molar-refractivity contribution in [2.24, 2.45) is 5.10 Å². The Balaban J connectivity index is 1.86. The molecule has 2 aromatic carbocycles. The zero-order chi connectivity index (χ0) is 17.5. The number of halogens is 2. The van der Waals surface area contributed by atoms with E-state index in [0.29, 0.717) is 10.6 Å². The van der Waals surface area contributed by atoms with Gasteiger partial charge in [-0.2, -0.15) is 5.10 Å². The molecule has 0 fully saturated rings. The zero-order valence-electron chi connectivity index (χ0n) is 12.7. The summed E-state index contributed by atoms with van der Waals surface area (Å²) in [4.78, 5) is 11.7. The molecule has 24 heavy (non-hydrogen) atoms. The van der Waals surface area contributed by atoms with Crippen LogP contribution in [0, 0.1) is 0 Å². The number of anilines is 1. The fraction of sp³-hybridized carbons (Fsp3) is 0.125. The maximum absolute atomic E-state index is 11.7. The van der Waals surface area contributed by atoms with E-state index in [1.807, 2.05) is 0 Å². The molecule has 0 heterocycles. The highest BCUT2D eigenvalue weighted by molar-refractivity contribution is 6.36. The lowest BCUT2D eigenvalue weighted by atomic mass is 10.2. The quantitative estimate of drug-likeness (QED) is 0.540. The van der Waals surface area contributed by atoms with E-state index < -0.39 is 0 Å². The highest BCUT2D eigenvalue weighted by Gasteiger charge is 2.06. The molecule has 0 saturated heterocycles. The van der Waals surface area contributed by atoms with Gasteiger partial charge < -0.3 is 15.2 Å². The number of ether oxygens (including phenoxy) is 1. The van der Waals surface area contributed by atoms with Gasteiger partial charge in [0, 0.05) is 16.3 Å². The summed E-state index contributed by atoms with van der Waals surface area (Å²) >= 11 is 11.6. The molecule has 0 radical (unpaired) electrons. The van der Waals surface area contributed by atoms with E-state index in [-0.39, 0.29) is 23.2 Å². The van der Waals surface area contributed by atoms with Gasteiger partial charge in [0.15, 0.2) is 0 Å². The van der Waals surface area contributed by atoms with Gasteiger partial charge >= 0.3 is 0 Å². The second kappa shape index (κ2) is 8.42. The van der Waals surface area contributed by atoms with E-state index in [1.165, 1.54) is 18.3 Å². The first-order chi connectivity index (χ1) is 11.5. The monoisotopic (exact) mass is 367 g/mol. The summed E-state index contributed by atoms with van der Waals surface area (Å²) in [5, 5.41) is 16.9. The van der Waals surface area contributed by atoms with Gasteiger partial charge in [-0.1, -0.05) is 23.2 Å². The molecule has 2 aromatic rings. The van der Waals surface area contributed by atoms with Crippen molar-refractivity contribution >= 4 is 41.0 Å². The summed E-state index contributed by atoms with van der Waals surface area (Å²) in [5.74, 6) is 0.222. The molecular weight excluding hydrogens is 353 g/mol. The Kier molecular flexibility index (Phi) is 6.28. The van der Waals surface area contributed by atoms with Crippen LogP contribution in [-0.4, -0.2) is 30.9 Å². The molecule has 3 N–H and O–H groups in total. The number of hydrogen-bond donors (Lipinski definition) is 3. The molecule has 0 bridgehead atoms. The van der Waals surface area contributed by atoms with Crippen molar-refractivity contribution in [3.05, 3.63) is 52.0 Å². The summed E-state index contributed by atoms with van der Waals surface area (Å²) in [7, 11) is 1.58. The lowest BCUT2D eigenvalue weighted by molar-refractivity contribution is -0.119. The number of hydrogen-bond acceptors (Lipinski definition) is 5. The van der Waals surface area contributed by atoms with Crippen LogP contribution in [0.1, 0.15) is 5.56 Å². The summed E-state index contributed by atoms with van der Waals surface area (Å²) in [5.41, 5.74) is 3.41. The number of phenolic OH excluding ortho intramolecular Hbond substituents is 1. The standard InChI is InChI=1S/C16H15Cl2N3O3/c1-24-13-4-2-12(3-5-13)19-9-15(22)21-20-8-10-6-11(17)7-14(18)16(10)23/h2-8,19,23H,9H2,1H3,(H,21,22). The SMILES string of the molecule is COc1ccc(NCC(=O)NN=Cc2cc(Cl)cc(Cl)c2O)cc1. The Morgan fingerprint density at radius 3 is 2.67 bits per heavy atom. The highest BCUT2D eigenvalue weighted by atomic mass is 35.5. The zero-order valence-corrected chi connectivity index (χ0v) is 14.2. The van der Waals surface area contributed by atoms with Gasteiger partial charge in [0.2, 0.25) is 0 Å².